The predicted octanol–water partition coefficient (Wildman–Crippen LogP) is 1.74. The standard InChI is InChI=1S/C18H29N3O/c1-20-9-11-21(12-10-20)15-18(16-5-3-2-4-6-16)19-17-7-13-22-14-8-17/h2-6,17-19H,7-15H2,1H3/t18-/m1/s1. The van der Waals surface area contributed by atoms with Crippen molar-refractivity contribution in [3.05, 3.63) is 35.9 Å². The summed E-state index contributed by atoms with van der Waals surface area (Å²) in [5.74, 6) is 0. The third kappa shape index (κ3) is 4.53. The molecule has 2 aliphatic rings. The molecule has 1 aromatic rings. The summed E-state index contributed by atoms with van der Waals surface area (Å²) in [6.45, 7) is 7.61. The van der Waals surface area contributed by atoms with Crippen molar-refractivity contribution in [2.75, 3.05) is 53.0 Å². The summed E-state index contributed by atoms with van der Waals surface area (Å²) in [4.78, 5) is 5.02. The Balaban J connectivity index is 1.63. The lowest BCUT2D eigenvalue weighted by molar-refractivity contribution is 0.0707. The number of hydrogen-bond acceptors (Lipinski definition) is 4. The van der Waals surface area contributed by atoms with Gasteiger partial charge >= 0.3 is 0 Å². The molecule has 1 N–H and O–H groups in total. The minimum atomic E-state index is 0.424. The Morgan fingerprint density at radius 2 is 1.77 bits per heavy atom. The maximum Gasteiger partial charge on any atom is 0.0480 e. The van der Waals surface area contributed by atoms with Crippen molar-refractivity contribution in [2.45, 2.75) is 24.9 Å². The second-order valence-electron chi connectivity index (χ2n) is 6.62. The highest BCUT2D eigenvalue weighted by Gasteiger charge is 2.23. The lowest BCUT2D eigenvalue weighted by atomic mass is 10.0. The van der Waals surface area contributed by atoms with Crippen LogP contribution in [0.2, 0.25) is 0 Å². The molecule has 0 bridgehead atoms. The first-order valence-electron chi connectivity index (χ1n) is 8.61. The monoisotopic (exact) mass is 303 g/mol. The maximum atomic E-state index is 5.49. The molecular weight excluding hydrogens is 274 g/mol. The summed E-state index contributed by atoms with van der Waals surface area (Å²) < 4.78 is 5.49. The highest BCUT2D eigenvalue weighted by Crippen LogP contribution is 2.19. The van der Waals surface area contributed by atoms with Gasteiger partial charge in [-0.2, -0.15) is 0 Å². The first-order valence-corrected chi connectivity index (χ1v) is 8.61. The SMILES string of the molecule is CN1CCN(C[C@@H](NC2CCOCC2)c2ccccc2)CC1. The molecule has 2 aliphatic heterocycles. The van der Waals surface area contributed by atoms with Crippen LogP contribution in [0.5, 0.6) is 0 Å². The van der Waals surface area contributed by atoms with Gasteiger partial charge in [-0.05, 0) is 25.5 Å². The van der Waals surface area contributed by atoms with E-state index >= 15 is 0 Å². The molecule has 4 nitrogen and oxygen atoms in total. The molecule has 0 saturated carbocycles. The largest absolute Gasteiger partial charge is 0.381 e. The van der Waals surface area contributed by atoms with Crippen LogP contribution in [0.1, 0.15) is 24.4 Å². The molecule has 22 heavy (non-hydrogen) atoms. The summed E-state index contributed by atoms with van der Waals surface area (Å²) in [5.41, 5.74) is 1.41. The zero-order valence-electron chi connectivity index (χ0n) is 13.7. The number of nitrogens with zero attached hydrogens (tertiary/aromatic N) is 2. The van der Waals surface area contributed by atoms with Crippen molar-refractivity contribution >= 4 is 0 Å². The van der Waals surface area contributed by atoms with Gasteiger partial charge in [0.05, 0.1) is 0 Å². The molecule has 1 atom stereocenters. The highest BCUT2D eigenvalue weighted by molar-refractivity contribution is 5.19. The third-order valence-electron chi connectivity index (χ3n) is 4.90. The molecule has 2 heterocycles. The average Bonchev–Trinajstić information content (AvgIpc) is 2.58. The van der Waals surface area contributed by atoms with Crippen molar-refractivity contribution in [1.82, 2.24) is 15.1 Å². The van der Waals surface area contributed by atoms with Crippen LogP contribution in [0.25, 0.3) is 0 Å². The van der Waals surface area contributed by atoms with Gasteiger partial charge in [0.15, 0.2) is 0 Å². The van der Waals surface area contributed by atoms with Crippen molar-refractivity contribution in [2.24, 2.45) is 0 Å². The van der Waals surface area contributed by atoms with E-state index in [1.165, 1.54) is 31.7 Å². The molecule has 0 amide bonds. The third-order valence-corrected chi connectivity index (χ3v) is 4.90. The van der Waals surface area contributed by atoms with Crippen LogP contribution in [0, 0.1) is 0 Å². The molecule has 3 rings (SSSR count). The topological polar surface area (TPSA) is 27.7 Å². The normalized spacial score (nSPS) is 23.5. The average molecular weight is 303 g/mol. The number of benzene rings is 1. The van der Waals surface area contributed by atoms with E-state index in [-0.39, 0.29) is 0 Å². The number of piperazine rings is 1. The number of likely N-dealkylation sites (N-methyl/N-ethyl adjacent to an activating group) is 1. The summed E-state index contributed by atoms with van der Waals surface area (Å²) >= 11 is 0. The summed E-state index contributed by atoms with van der Waals surface area (Å²) in [7, 11) is 2.21. The summed E-state index contributed by atoms with van der Waals surface area (Å²) in [6, 6.07) is 11.9. The van der Waals surface area contributed by atoms with Gasteiger partial charge in [0, 0.05) is 58.0 Å². The number of nitrogens with one attached hydrogen (secondary N) is 1. The first-order chi connectivity index (χ1) is 10.8. The van der Waals surface area contributed by atoms with Crippen LogP contribution in [-0.4, -0.2) is 68.8 Å². The molecule has 4 heteroatoms. The predicted molar refractivity (Wildman–Crippen MR) is 90.1 cm³/mol. The number of rotatable bonds is 5. The van der Waals surface area contributed by atoms with Crippen molar-refractivity contribution < 1.29 is 4.74 Å². The lowest BCUT2D eigenvalue weighted by Crippen LogP contribution is -2.48. The summed E-state index contributed by atoms with van der Waals surface area (Å²) in [6.07, 6.45) is 2.26. The van der Waals surface area contributed by atoms with E-state index in [1.54, 1.807) is 0 Å². The molecular formula is C18H29N3O. The Hall–Kier alpha value is -0.940. The minimum Gasteiger partial charge on any atom is -0.381 e. The maximum absolute atomic E-state index is 5.49. The Morgan fingerprint density at radius 1 is 1.09 bits per heavy atom. The van der Waals surface area contributed by atoms with Gasteiger partial charge in [0.2, 0.25) is 0 Å². The molecule has 2 saturated heterocycles. The Labute approximate surface area is 134 Å². The van der Waals surface area contributed by atoms with Gasteiger partial charge in [0.1, 0.15) is 0 Å². The molecule has 0 unspecified atom stereocenters. The van der Waals surface area contributed by atoms with Crippen LogP contribution in [0.15, 0.2) is 30.3 Å². The molecule has 0 radical (unpaired) electrons. The van der Waals surface area contributed by atoms with E-state index in [0.29, 0.717) is 12.1 Å². The fraction of sp³-hybridized carbons (Fsp3) is 0.667. The Kier molecular flexibility index (Phi) is 5.84. The zero-order chi connectivity index (χ0) is 15.2. The smallest absolute Gasteiger partial charge is 0.0480 e. The van der Waals surface area contributed by atoms with E-state index in [0.717, 1.165) is 32.6 Å². The van der Waals surface area contributed by atoms with Gasteiger partial charge in [0.25, 0.3) is 0 Å². The second-order valence-corrected chi connectivity index (χ2v) is 6.62. The molecule has 0 spiro atoms. The molecule has 1 aromatic carbocycles. The van der Waals surface area contributed by atoms with E-state index < -0.39 is 0 Å². The Bertz CT molecular complexity index is 425. The molecule has 122 valence electrons. The van der Waals surface area contributed by atoms with Crippen LogP contribution in [0.4, 0.5) is 0 Å². The fourth-order valence-corrected chi connectivity index (χ4v) is 3.38. The van der Waals surface area contributed by atoms with Crippen LogP contribution < -0.4 is 5.32 Å². The van der Waals surface area contributed by atoms with Gasteiger partial charge in [-0.1, -0.05) is 30.3 Å². The summed E-state index contributed by atoms with van der Waals surface area (Å²) in [5, 5.41) is 3.90. The van der Waals surface area contributed by atoms with E-state index in [4.69, 9.17) is 4.74 Å². The van der Waals surface area contributed by atoms with Gasteiger partial charge in [-0.3, -0.25) is 4.90 Å². The van der Waals surface area contributed by atoms with Crippen LogP contribution in [0.3, 0.4) is 0 Å². The molecule has 0 aromatic heterocycles. The lowest BCUT2D eigenvalue weighted by Gasteiger charge is -2.36. The van der Waals surface area contributed by atoms with E-state index in [2.05, 4.69) is 52.5 Å². The van der Waals surface area contributed by atoms with E-state index in [9.17, 15) is 0 Å². The Morgan fingerprint density at radius 3 is 2.45 bits per heavy atom. The molecule has 0 aliphatic carbocycles. The number of ether oxygens (including phenoxy) is 1. The van der Waals surface area contributed by atoms with E-state index in [1.807, 2.05) is 0 Å². The van der Waals surface area contributed by atoms with Crippen molar-refractivity contribution in [1.29, 1.82) is 0 Å². The minimum absolute atomic E-state index is 0.424. The van der Waals surface area contributed by atoms with Gasteiger partial charge in [-0.25, -0.2) is 0 Å². The first kappa shape index (κ1) is 15.9. The van der Waals surface area contributed by atoms with Crippen molar-refractivity contribution in [3.8, 4) is 0 Å². The van der Waals surface area contributed by atoms with Crippen LogP contribution in [-0.2, 0) is 4.74 Å². The van der Waals surface area contributed by atoms with Gasteiger partial charge < -0.3 is 15.0 Å². The number of hydrogen-bond donors (Lipinski definition) is 1. The van der Waals surface area contributed by atoms with Crippen molar-refractivity contribution in [3.63, 3.8) is 0 Å². The zero-order valence-corrected chi connectivity index (χ0v) is 13.7. The van der Waals surface area contributed by atoms with Gasteiger partial charge in [-0.15, -0.1) is 0 Å². The quantitative estimate of drug-likeness (QED) is 0.897. The fourth-order valence-electron chi connectivity index (χ4n) is 3.38. The highest BCUT2D eigenvalue weighted by atomic mass is 16.5. The second kappa shape index (κ2) is 8.06. The molecule has 2 fully saturated rings. The van der Waals surface area contributed by atoms with Crippen LogP contribution >= 0.6 is 0 Å².